The Kier molecular flexibility index (Phi) is 5.93. The van der Waals surface area contributed by atoms with E-state index in [9.17, 15) is 9.59 Å². The van der Waals surface area contributed by atoms with E-state index in [1.807, 2.05) is 0 Å². The zero-order valence-corrected chi connectivity index (χ0v) is 15.5. The lowest BCUT2D eigenvalue weighted by molar-refractivity contribution is -0.0135. The number of carbonyl (C=O) groups is 1. The second kappa shape index (κ2) is 8.37. The Bertz CT molecular complexity index is 860. The van der Waals surface area contributed by atoms with Crippen molar-refractivity contribution in [2.75, 3.05) is 13.2 Å². The second-order valence-electron chi connectivity index (χ2n) is 6.74. The molecular weight excluding hydrogens is 348 g/mol. The molecule has 2 heterocycles. The minimum Gasteiger partial charge on any atom is -0.486 e. The number of aromatic nitrogens is 1. The Labute approximate surface area is 157 Å². The molecule has 1 fully saturated rings. The molecule has 0 spiro atoms. The smallest absolute Gasteiger partial charge is 0.261 e. The minimum atomic E-state index is -0.412. The molecule has 1 amide bonds. The van der Waals surface area contributed by atoms with Crippen LogP contribution in [0.3, 0.4) is 0 Å². The van der Waals surface area contributed by atoms with Crippen LogP contribution in [0.25, 0.3) is 0 Å². The summed E-state index contributed by atoms with van der Waals surface area (Å²) in [6.45, 7) is 4.35. The van der Waals surface area contributed by atoms with E-state index in [4.69, 9.17) is 14.6 Å². The van der Waals surface area contributed by atoms with Gasteiger partial charge in [0.1, 0.15) is 17.4 Å². The van der Waals surface area contributed by atoms with Crippen LogP contribution in [0.2, 0.25) is 0 Å². The summed E-state index contributed by atoms with van der Waals surface area (Å²) in [6.07, 6.45) is 0.223. The first-order chi connectivity index (χ1) is 13.0. The quantitative estimate of drug-likeness (QED) is 0.738. The van der Waals surface area contributed by atoms with E-state index in [2.05, 4.69) is 10.3 Å². The number of aromatic amines is 1. The van der Waals surface area contributed by atoms with Crippen molar-refractivity contribution in [1.82, 2.24) is 10.3 Å². The van der Waals surface area contributed by atoms with E-state index >= 15 is 0 Å². The normalized spacial score (nSPS) is 19.5. The first-order valence-electron chi connectivity index (χ1n) is 8.93. The highest BCUT2D eigenvalue weighted by molar-refractivity contribution is 5.95. The van der Waals surface area contributed by atoms with Gasteiger partial charge in [-0.3, -0.25) is 9.59 Å². The third kappa shape index (κ3) is 4.56. The van der Waals surface area contributed by atoms with Crippen LogP contribution < -0.4 is 15.6 Å². The number of nitrogens with one attached hydrogen (secondary N) is 2. The summed E-state index contributed by atoms with van der Waals surface area (Å²) in [5, 5.41) is 12.1. The molecule has 1 aliphatic heterocycles. The SMILES string of the molecule is Cc1cc(C)c(C(=O)N[C@@H]2CCOC[C@H]2Oc2ccc(CO)cc2)c(=O)[nH]1. The molecule has 3 N–H and O–H groups in total. The maximum absolute atomic E-state index is 12.7. The number of aryl methyl sites for hydroxylation is 2. The van der Waals surface area contributed by atoms with Gasteiger partial charge in [-0.2, -0.15) is 0 Å². The van der Waals surface area contributed by atoms with Crippen molar-refractivity contribution in [3.05, 3.63) is 63.1 Å². The molecule has 144 valence electrons. The van der Waals surface area contributed by atoms with Gasteiger partial charge in [-0.25, -0.2) is 0 Å². The number of hydrogen-bond acceptors (Lipinski definition) is 5. The Morgan fingerprint density at radius 3 is 2.74 bits per heavy atom. The maximum Gasteiger partial charge on any atom is 0.261 e. The first kappa shape index (κ1) is 19.1. The number of aliphatic hydroxyl groups excluding tert-OH is 1. The van der Waals surface area contributed by atoms with Crippen molar-refractivity contribution in [1.29, 1.82) is 0 Å². The molecular formula is C20H24N2O5. The summed E-state index contributed by atoms with van der Waals surface area (Å²) >= 11 is 0. The number of rotatable bonds is 5. The summed E-state index contributed by atoms with van der Waals surface area (Å²) in [5.41, 5.74) is 1.87. The van der Waals surface area contributed by atoms with Crippen LogP contribution in [0.4, 0.5) is 0 Å². The monoisotopic (exact) mass is 372 g/mol. The minimum absolute atomic E-state index is 0.0318. The second-order valence-corrected chi connectivity index (χ2v) is 6.74. The van der Waals surface area contributed by atoms with Crippen molar-refractivity contribution in [3.8, 4) is 5.75 Å². The Hall–Kier alpha value is -2.64. The van der Waals surface area contributed by atoms with Gasteiger partial charge in [-0.1, -0.05) is 12.1 Å². The van der Waals surface area contributed by atoms with Gasteiger partial charge in [0.15, 0.2) is 0 Å². The fourth-order valence-electron chi connectivity index (χ4n) is 3.22. The highest BCUT2D eigenvalue weighted by Crippen LogP contribution is 2.19. The van der Waals surface area contributed by atoms with Crippen LogP contribution in [-0.4, -0.2) is 41.4 Å². The van der Waals surface area contributed by atoms with Gasteiger partial charge in [0, 0.05) is 12.3 Å². The topological polar surface area (TPSA) is 101 Å². The lowest BCUT2D eigenvalue weighted by Gasteiger charge is -2.32. The van der Waals surface area contributed by atoms with Gasteiger partial charge in [0.25, 0.3) is 11.5 Å². The van der Waals surface area contributed by atoms with E-state index in [1.54, 1.807) is 44.2 Å². The molecule has 27 heavy (non-hydrogen) atoms. The third-order valence-electron chi connectivity index (χ3n) is 4.61. The van der Waals surface area contributed by atoms with E-state index in [0.29, 0.717) is 36.6 Å². The summed E-state index contributed by atoms with van der Waals surface area (Å²) in [5.74, 6) is 0.219. The first-order valence-corrected chi connectivity index (χ1v) is 8.93. The van der Waals surface area contributed by atoms with Crippen LogP contribution >= 0.6 is 0 Å². The number of pyridine rings is 1. The van der Waals surface area contributed by atoms with Gasteiger partial charge in [0.05, 0.1) is 19.3 Å². The molecule has 2 atom stereocenters. The molecule has 0 bridgehead atoms. The Balaban J connectivity index is 1.73. The van der Waals surface area contributed by atoms with E-state index in [-0.39, 0.29) is 24.3 Å². The molecule has 3 rings (SSSR count). The molecule has 1 saturated heterocycles. The molecule has 0 saturated carbocycles. The van der Waals surface area contributed by atoms with E-state index in [0.717, 1.165) is 5.56 Å². The number of H-pyrrole nitrogens is 1. The summed E-state index contributed by atoms with van der Waals surface area (Å²) in [7, 11) is 0. The van der Waals surface area contributed by atoms with Crippen LogP contribution in [0.1, 0.15) is 33.6 Å². The largest absolute Gasteiger partial charge is 0.486 e. The highest BCUT2D eigenvalue weighted by Gasteiger charge is 2.30. The van der Waals surface area contributed by atoms with Crippen LogP contribution in [0.5, 0.6) is 5.75 Å². The molecule has 1 aromatic carbocycles. The molecule has 1 aliphatic rings. The number of ether oxygens (including phenoxy) is 2. The fraction of sp³-hybridized carbons (Fsp3) is 0.400. The predicted octanol–water partition coefficient (Wildman–Crippen LogP) is 1.45. The molecule has 7 nitrogen and oxygen atoms in total. The van der Waals surface area contributed by atoms with E-state index < -0.39 is 11.5 Å². The predicted molar refractivity (Wildman–Crippen MR) is 100 cm³/mol. The van der Waals surface area contributed by atoms with Crippen molar-refractivity contribution in [3.63, 3.8) is 0 Å². The molecule has 2 aromatic rings. The van der Waals surface area contributed by atoms with Crippen molar-refractivity contribution in [2.24, 2.45) is 0 Å². The van der Waals surface area contributed by atoms with Gasteiger partial charge in [-0.05, 0) is 49.6 Å². The summed E-state index contributed by atoms with van der Waals surface area (Å²) < 4.78 is 11.5. The molecule has 0 radical (unpaired) electrons. The van der Waals surface area contributed by atoms with Crippen LogP contribution in [0.15, 0.2) is 35.1 Å². The maximum atomic E-state index is 12.7. The molecule has 7 heteroatoms. The average Bonchev–Trinajstić information content (AvgIpc) is 2.63. The molecule has 0 unspecified atom stereocenters. The number of carbonyl (C=O) groups excluding carboxylic acids is 1. The van der Waals surface area contributed by atoms with Crippen molar-refractivity contribution in [2.45, 2.75) is 39.0 Å². The van der Waals surface area contributed by atoms with Gasteiger partial charge >= 0.3 is 0 Å². The van der Waals surface area contributed by atoms with Gasteiger partial charge in [0.2, 0.25) is 0 Å². The van der Waals surface area contributed by atoms with Gasteiger partial charge < -0.3 is 24.9 Å². The Morgan fingerprint density at radius 1 is 1.33 bits per heavy atom. The average molecular weight is 372 g/mol. The number of hydrogen-bond donors (Lipinski definition) is 3. The zero-order chi connectivity index (χ0) is 19.4. The third-order valence-corrected chi connectivity index (χ3v) is 4.61. The zero-order valence-electron chi connectivity index (χ0n) is 15.5. The lowest BCUT2D eigenvalue weighted by atomic mass is 10.0. The van der Waals surface area contributed by atoms with Crippen LogP contribution in [0, 0.1) is 13.8 Å². The number of amides is 1. The van der Waals surface area contributed by atoms with Gasteiger partial charge in [-0.15, -0.1) is 0 Å². The summed E-state index contributed by atoms with van der Waals surface area (Å²) in [4.78, 5) is 27.5. The molecule has 1 aromatic heterocycles. The number of aliphatic hydroxyl groups is 1. The van der Waals surface area contributed by atoms with Crippen LogP contribution in [-0.2, 0) is 11.3 Å². The van der Waals surface area contributed by atoms with Crippen molar-refractivity contribution >= 4 is 5.91 Å². The summed E-state index contributed by atoms with van der Waals surface area (Å²) in [6, 6.07) is 8.60. The molecule has 0 aliphatic carbocycles. The number of benzene rings is 1. The Morgan fingerprint density at radius 2 is 2.07 bits per heavy atom. The highest BCUT2D eigenvalue weighted by atomic mass is 16.5. The van der Waals surface area contributed by atoms with E-state index in [1.165, 1.54) is 0 Å². The fourth-order valence-corrected chi connectivity index (χ4v) is 3.22. The standard InChI is InChI=1S/C20H24N2O5/c1-12-9-13(2)21-19(24)18(12)20(25)22-16-7-8-26-11-17(16)27-15-5-3-14(10-23)4-6-15/h3-6,9,16-17,23H,7-8,10-11H2,1-2H3,(H,21,24)(H,22,25)/t16-,17-/m1/s1. The lowest BCUT2D eigenvalue weighted by Crippen LogP contribution is -2.52. The van der Waals surface area contributed by atoms with Crippen molar-refractivity contribution < 1.29 is 19.4 Å².